The zero-order chi connectivity index (χ0) is 41.5. The fourth-order valence-electron chi connectivity index (χ4n) is 5.01. The number of carbonyl (C=O) groups is 8. The van der Waals surface area contributed by atoms with E-state index < -0.39 is 96.6 Å². The lowest BCUT2D eigenvalue weighted by Gasteiger charge is -2.26. The molecule has 21 heteroatoms. The number of hydrogen-bond donors (Lipinski definition) is 13. The van der Waals surface area contributed by atoms with E-state index in [2.05, 4.69) is 37.2 Å². The lowest BCUT2D eigenvalue weighted by molar-refractivity contribution is -0.142. The monoisotopic (exact) mass is 777 g/mol. The van der Waals surface area contributed by atoms with Gasteiger partial charge in [0.1, 0.15) is 36.3 Å². The van der Waals surface area contributed by atoms with Gasteiger partial charge in [0, 0.05) is 19.4 Å². The second kappa shape index (κ2) is 25.2. The molecule has 6 atom stereocenters. The Morgan fingerprint density at radius 2 is 1.16 bits per heavy atom. The Morgan fingerprint density at radius 3 is 1.69 bits per heavy atom. The number of amides is 6. The summed E-state index contributed by atoms with van der Waals surface area (Å²) in [6.07, 6.45) is 0.390. The van der Waals surface area contributed by atoms with Crippen LogP contribution in [0, 0.1) is 5.41 Å². The molecule has 1 aromatic carbocycles. The van der Waals surface area contributed by atoms with Gasteiger partial charge in [-0.1, -0.05) is 30.3 Å². The second-order valence-corrected chi connectivity index (χ2v) is 12.7. The molecule has 0 aliphatic heterocycles. The molecule has 1 aromatic rings. The molecule has 0 aliphatic rings. The number of nitrogens with two attached hydrogens (primary N) is 3. The molecule has 0 fully saturated rings. The van der Waals surface area contributed by atoms with Gasteiger partial charge in [-0.25, -0.2) is 0 Å². The number of guanidine groups is 1. The standard InChI is InChI=1S/C34H55N11O10/c1-19(40-29(50)23(12-8-16-39-34(37)38)43-31(52)24(13-14-27(47)48)42-26(46)18-36)28(49)45-25(17-21-9-4-3-5-10-21)32(53)44-22(11-6-7-15-35)30(51)41-20(2)33(54)55/h3-5,9-10,19-20,22-25H,6-8,11-18,35-36H2,1-2H3,(H,40,50)(H,41,51)(H,42,46)(H,43,52)(H,44,53)(H,45,49)(H,47,48)(H,54,55)(H4,37,38,39)/t19-,20-,22-,23-,24-,25-/m0/s1. The first-order chi connectivity index (χ1) is 26.0. The molecule has 0 spiro atoms. The average molecular weight is 778 g/mol. The van der Waals surface area contributed by atoms with Crippen molar-refractivity contribution < 1.29 is 48.6 Å². The first-order valence-electron chi connectivity index (χ1n) is 17.8. The minimum Gasteiger partial charge on any atom is -0.481 e. The molecule has 16 N–H and O–H groups in total. The maximum Gasteiger partial charge on any atom is 0.325 e. The van der Waals surface area contributed by atoms with Crippen molar-refractivity contribution in [2.24, 2.45) is 17.2 Å². The van der Waals surface area contributed by atoms with Gasteiger partial charge in [-0.2, -0.15) is 0 Å². The van der Waals surface area contributed by atoms with Crippen LogP contribution in [0.15, 0.2) is 30.3 Å². The predicted molar refractivity (Wildman–Crippen MR) is 199 cm³/mol. The highest BCUT2D eigenvalue weighted by atomic mass is 16.4. The van der Waals surface area contributed by atoms with E-state index in [9.17, 15) is 43.5 Å². The molecule has 6 amide bonds. The highest BCUT2D eigenvalue weighted by Gasteiger charge is 2.32. The van der Waals surface area contributed by atoms with Crippen LogP contribution < -0.4 is 54.4 Å². The SMILES string of the molecule is C[C@H](NC(=O)[C@H](CCCCN)NC(=O)[C@H](Cc1ccccc1)NC(=O)[C@H](C)NC(=O)[C@H](CCCNC(=N)N)NC(=O)[C@H](CCC(=O)O)NC(=O)CN)C(=O)O. The van der Waals surface area contributed by atoms with Crippen molar-refractivity contribution in [3.05, 3.63) is 35.9 Å². The number of benzene rings is 1. The van der Waals surface area contributed by atoms with E-state index in [1.807, 2.05) is 0 Å². The van der Waals surface area contributed by atoms with Crippen LogP contribution in [0.5, 0.6) is 0 Å². The molecule has 55 heavy (non-hydrogen) atoms. The molecule has 306 valence electrons. The van der Waals surface area contributed by atoms with Crippen molar-refractivity contribution in [2.45, 2.75) is 101 Å². The fraction of sp³-hybridized carbons (Fsp3) is 0.559. The van der Waals surface area contributed by atoms with Gasteiger partial charge in [0.15, 0.2) is 5.96 Å². The van der Waals surface area contributed by atoms with Crippen LogP contribution in [0.3, 0.4) is 0 Å². The third kappa shape index (κ3) is 19.2. The first-order valence-corrected chi connectivity index (χ1v) is 17.8. The summed E-state index contributed by atoms with van der Waals surface area (Å²) >= 11 is 0. The summed E-state index contributed by atoms with van der Waals surface area (Å²) < 4.78 is 0. The molecule has 0 aromatic heterocycles. The van der Waals surface area contributed by atoms with E-state index in [4.69, 9.17) is 27.7 Å². The maximum atomic E-state index is 13.7. The van der Waals surface area contributed by atoms with Gasteiger partial charge in [0.05, 0.1) is 6.54 Å². The van der Waals surface area contributed by atoms with E-state index >= 15 is 0 Å². The van der Waals surface area contributed by atoms with Gasteiger partial charge in [-0.15, -0.1) is 0 Å². The van der Waals surface area contributed by atoms with Gasteiger partial charge < -0.3 is 64.6 Å². The number of rotatable bonds is 26. The Morgan fingerprint density at radius 1 is 0.655 bits per heavy atom. The topological polar surface area (TPSA) is 363 Å². The summed E-state index contributed by atoms with van der Waals surface area (Å²) in [6, 6.07) is 0.970. The van der Waals surface area contributed by atoms with Gasteiger partial charge in [-0.3, -0.25) is 43.8 Å². The zero-order valence-electron chi connectivity index (χ0n) is 31.0. The Balaban J connectivity index is 3.25. The van der Waals surface area contributed by atoms with E-state index in [-0.39, 0.29) is 44.6 Å². The van der Waals surface area contributed by atoms with Crippen LogP contribution in [0.4, 0.5) is 0 Å². The normalized spacial score (nSPS) is 14.0. The summed E-state index contributed by atoms with van der Waals surface area (Å²) in [4.78, 5) is 101. The van der Waals surface area contributed by atoms with Crippen molar-refractivity contribution in [3.63, 3.8) is 0 Å². The van der Waals surface area contributed by atoms with Crippen LogP contribution in [-0.2, 0) is 44.8 Å². The van der Waals surface area contributed by atoms with Crippen LogP contribution in [0.25, 0.3) is 0 Å². The first kappa shape index (κ1) is 47.2. The number of carboxylic acids is 2. The fourth-order valence-corrected chi connectivity index (χ4v) is 5.01. The average Bonchev–Trinajstić information content (AvgIpc) is 3.13. The molecule has 0 radical (unpaired) electrons. The van der Waals surface area contributed by atoms with Crippen molar-refractivity contribution >= 4 is 53.3 Å². The van der Waals surface area contributed by atoms with Crippen LogP contribution in [0.2, 0.25) is 0 Å². The number of aliphatic carboxylic acids is 2. The summed E-state index contributed by atoms with van der Waals surface area (Å²) in [5, 5.41) is 43.1. The number of nitrogens with one attached hydrogen (secondary N) is 8. The molecular weight excluding hydrogens is 722 g/mol. The minimum absolute atomic E-state index is 0.0319. The molecule has 0 aliphatic carbocycles. The molecule has 0 unspecified atom stereocenters. The largest absolute Gasteiger partial charge is 0.481 e. The lowest BCUT2D eigenvalue weighted by Crippen LogP contribution is -2.59. The molecular formula is C34H55N11O10. The van der Waals surface area contributed by atoms with Crippen molar-refractivity contribution in [2.75, 3.05) is 19.6 Å². The summed E-state index contributed by atoms with van der Waals surface area (Å²) in [7, 11) is 0. The summed E-state index contributed by atoms with van der Waals surface area (Å²) in [5.74, 6) is -7.64. The zero-order valence-corrected chi connectivity index (χ0v) is 31.0. The quantitative estimate of drug-likeness (QED) is 0.0246. The Kier molecular flexibility index (Phi) is 21.7. The third-order valence-corrected chi connectivity index (χ3v) is 8.08. The van der Waals surface area contributed by atoms with Gasteiger partial charge in [0.25, 0.3) is 0 Å². The van der Waals surface area contributed by atoms with Crippen LogP contribution >= 0.6 is 0 Å². The Labute approximate surface area is 318 Å². The summed E-state index contributed by atoms with van der Waals surface area (Å²) in [6.45, 7) is 2.56. The Hall–Kier alpha value is -5.83. The number of carbonyl (C=O) groups excluding carboxylic acids is 6. The third-order valence-electron chi connectivity index (χ3n) is 8.08. The number of carboxylic acid groups (broad SMARTS) is 2. The highest BCUT2D eigenvalue weighted by molar-refractivity contribution is 5.97. The lowest BCUT2D eigenvalue weighted by atomic mass is 10.0. The predicted octanol–water partition coefficient (Wildman–Crippen LogP) is -3.52. The Bertz CT molecular complexity index is 1480. The minimum atomic E-state index is -1.36. The summed E-state index contributed by atoms with van der Waals surface area (Å²) in [5.41, 5.74) is 16.9. The maximum absolute atomic E-state index is 13.7. The smallest absolute Gasteiger partial charge is 0.325 e. The van der Waals surface area contributed by atoms with Gasteiger partial charge in [-0.05, 0) is 64.5 Å². The molecule has 1 rings (SSSR count). The van der Waals surface area contributed by atoms with Crippen LogP contribution in [-0.4, -0.2) is 119 Å². The van der Waals surface area contributed by atoms with E-state index in [0.29, 0.717) is 24.9 Å². The molecule has 0 saturated heterocycles. The molecule has 0 bridgehead atoms. The second-order valence-electron chi connectivity index (χ2n) is 12.7. The highest BCUT2D eigenvalue weighted by Crippen LogP contribution is 2.08. The number of unbranched alkanes of at least 4 members (excludes halogenated alkanes) is 1. The van der Waals surface area contributed by atoms with Gasteiger partial charge >= 0.3 is 11.9 Å². The van der Waals surface area contributed by atoms with Gasteiger partial charge in [0.2, 0.25) is 35.4 Å². The van der Waals surface area contributed by atoms with E-state index in [1.165, 1.54) is 13.8 Å². The van der Waals surface area contributed by atoms with E-state index in [0.717, 1.165) is 0 Å². The van der Waals surface area contributed by atoms with Crippen molar-refractivity contribution in [1.29, 1.82) is 5.41 Å². The van der Waals surface area contributed by atoms with Crippen molar-refractivity contribution in [3.8, 4) is 0 Å². The van der Waals surface area contributed by atoms with Crippen molar-refractivity contribution in [1.82, 2.24) is 37.2 Å². The number of hydrogen-bond acceptors (Lipinski definition) is 11. The van der Waals surface area contributed by atoms with E-state index in [1.54, 1.807) is 30.3 Å². The molecule has 0 saturated carbocycles. The molecule has 21 nitrogen and oxygen atoms in total. The van der Waals surface area contributed by atoms with Crippen LogP contribution in [0.1, 0.15) is 64.4 Å². The molecule has 0 heterocycles.